The molecule has 1 saturated heterocycles. The molecule has 0 aliphatic carbocycles. The van der Waals surface area contributed by atoms with Crippen LogP contribution in [0.4, 0.5) is 13.6 Å². The van der Waals surface area contributed by atoms with Crippen LogP contribution in [0, 0.1) is 11.6 Å². The summed E-state index contributed by atoms with van der Waals surface area (Å²) in [5.74, 6) is -1.59. The molecule has 0 radical (unpaired) electrons. The lowest BCUT2D eigenvalue weighted by atomic mass is 9.94. The van der Waals surface area contributed by atoms with Crippen LogP contribution in [0.5, 0.6) is 0 Å². The summed E-state index contributed by atoms with van der Waals surface area (Å²) in [6.07, 6.45) is -1.15. The molecule has 1 aliphatic heterocycles. The van der Waals surface area contributed by atoms with E-state index in [1.165, 1.54) is 12.1 Å². The van der Waals surface area contributed by atoms with E-state index in [9.17, 15) is 13.6 Å². The van der Waals surface area contributed by atoms with E-state index in [0.29, 0.717) is 18.7 Å². The van der Waals surface area contributed by atoms with Gasteiger partial charge in [-0.2, -0.15) is 0 Å². The third kappa shape index (κ3) is 2.52. The molecule has 3 N–H and O–H groups in total. The lowest BCUT2D eigenvalue weighted by Gasteiger charge is -2.19. The highest BCUT2D eigenvalue weighted by atomic mass is 19.1. The minimum atomic E-state index is -1.15. The zero-order chi connectivity index (χ0) is 12.4. The molecule has 0 unspecified atom stereocenters. The fourth-order valence-electron chi connectivity index (χ4n) is 2.12. The largest absolute Gasteiger partial charge is 0.465 e. The molecule has 2 rings (SSSR count). The highest BCUT2D eigenvalue weighted by Gasteiger charge is 2.31. The molecule has 1 fully saturated rings. The molecule has 6 heteroatoms. The first-order valence-electron chi connectivity index (χ1n) is 5.23. The van der Waals surface area contributed by atoms with Crippen LogP contribution in [-0.4, -0.2) is 30.3 Å². The van der Waals surface area contributed by atoms with Crippen molar-refractivity contribution in [3.05, 3.63) is 35.4 Å². The minimum absolute atomic E-state index is 0.313. The van der Waals surface area contributed by atoms with Crippen LogP contribution in [0.1, 0.15) is 11.5 Å². The topological polar surface area (TPSA) is 61.4 Å². The van der Waals surface area contributed by atoms with Gasteiger partial charge in [0.1, 0.15) is 11.6 Å². The Bertz CT molecular complexity index is 439. The number of halogens is 2. The smallest absolute Gasteiger partial charge is 0.404 e. The Hall–Kier alpha value is -1.69. The Morgan fingerprint density at radius 3 is 2.82 bits per heavy atom. The molecule has 4 nitrogen and oxygen atoms in total. The summed E-state index contributed by atoms with van der Waals surface area (Å²) in [6, 6.07) is 2.95. The van der Waals surface area contributed by atoms with Crippen molar-refractivity contribution in [2.75, 3.05) is 13.1 Å². The third-order valence-electron chi connectivity index (χ3n) is 2.89. The lowest BCUT2D eigenvalue weighted by Crippen LogP contribution is -2.38. The quantitative estimate of drug-likeness (QED) is 0.732. The maximum Gasteiger partial charge on any atom is 0.404 e. The van der Waals surface area contributed by atoms with E-state index in [2.05, 4.69) is 10.6 Å². The molecule has 2 atom stereocenters. The number of hydrogen-bond donors (Lipinski definition) is 3. The van der Waals surface area contributed by atoms with Gasteiger partial charge in [-0.05, 0) is 11.6 Å². The Kier molecular flexibility index (Phi) is 3.23. The van der Waals surface area contributed by atoms with Gasteiger partial charge in [0.2, 0.25) is 0 Å². The third-order valence-corrected chi connectivity index (χ3v) is 2.89. The van der Waals surface area contributed by atoms with Crippen molar-refractivity contribution in [1.29, 1.82) is 0 Å². The second kappa shape index (κ2) is 4.67. The monoisotopic (exact) mass is 242 g/mol. The summed E-state index contributed by atoms with van der Waals surface area (Å²) < 4.78 is 26.3. The van der Waals surface area contributed by atoms with Crippen molar-refractivity contribution in [2.24, 2.45) is 0 Å². The van der Waals surface area contributed by atoms with Crippen molar-refractivity contribution in [2.45, 2.75) is 12.0 Å². The number of amides is 1. The maximum absolute atomic E-state index is 13.6. The number of rotatable bonds is 2. The van der Waals surface area contributed by atoms with E-state index < -0.39 is 23.8 Å². The molecule has 0 spiro atoms. The Labute approximate surface area is 96.6 Å². The highest BCUT2D eigenvalue weighted by molar-refractivity contribution is 5.65. The van der Waals surface area contributed by atoms with Gasteiger partial charge in [0, 0.05) is 25.1 Å². The van der Waals surface area contributed by atoms with Gasteiger partial charge in [-0.1, -0.05) is 6.07 Å². The van der Waals surface area contributed by atoms with E-state index in [1.54, 1.807) is 0 Å². The predicted octanol–water partition coefficient (Wildman–Crippen LogP) is 1.29. The van der Waals surface area contributed by atoms with Crippen molar-refractivity contribution in [1.82, 2.24) is 10.6 Å². The summed E-state index contributed by atoms with van der Waals surface area (Å²) in [7, 11) is 0. The zero-order valence-electron chi connectivity index (χ0n) is 8.91. The SMILES string of the molecule is O=C(O)N[C@@H]1CNC[C@H]1c1ccc(F)cc1F. The first-order valence-corrected chi connectivity index (χ1v) is 5.23. The number of carboxylic acid groups (broad SMARTS) is 1. The van der Waals surface area contributed by atoms with Crippen LogP contribution in [0.25, 0.3) is 0 Å². The molecule has 1 heterocycles. The summed E-state index contributed by atoms with van der Waals surface area (Å²) in [4.78, 5) is 10.6. The van der Waals surface area contributed by atoms with Gasteiger partial charge in [-0.15, -0.1) is 0 Å². The van der Waals surface area contributed by atoms with E-state index in [-0.39, 0.29) is 5.92 Å². The molecule has 1 amide bonds. The number of nitrogens with one attached hydrogen (secondary N) is 2. The first-order chi connectivity index (χ1) is 8.08. The van der Waals surface area contributed by atoms with Crippen LogP contribution >= 0.6 is 0 Å². The van der Waals surface area contributed by atoms with Gasteiger partial charge in [0.05, 0.1) is 6.04 Å². The standard InChI is InChI=1S/C11H12F2N2O2/c12-6-1-2-7(9(13)3-6)8-4-14-5-10(8)15-11(16)17/h1-3,8,10,14-15H,4-5H2,(H,16,17)/t8-,10+/m0/s1. The fourth-order valence-corrected chi connectivity index (χ4v) is 2.12. The summed E-state index contributed by atoms with van der Waals surface area (Å²) >= 11 is 0. The molecule has 1 aromatic rings. The number of hydrogen-bond acceptors (Lipinski definition) is 2. The minimum Gasteiger partial charge on any atom is -0.465 e. The van der Waals surface area contributed by atoms with E-state index in [0.717, 1.165) is 6.07 Å². The molecule has 1 aliphatic rings. The van der Waals surface area contributed by atoms with Gasteiger partial charge in [0.15, 0.2) is 0 Å². The normalized spacial score (nSPS) is 23.6. The van der Waals surface area contributed by atoms with E-state index in [1.807, 2.05) is 0 Å². The summed E-state index contributed by atoms with van der Waals surface area (Å²) in [5.41, 5.74) is 0.329. The molecule has 0 aromatic heterocycles. The number of benzene rings is 1. The van der Waals surface area contributed by atoms with Gasteiger partial charge in [-0.3, -0.25) is 0 Å². The zero-order valence-corrected chi connectivity index (χ0v) is 8.91. The van der Waals surface area contributed by atoms with E-state index >= 15 is 0 Å². The van der Waals surface area contributed by atoms with Crippen LogP contribution in [0.2, 0.25) is 0 Å². The predicted molar refractivity (Wildman–Crippen MR) is 56.9 cm³/mol. The molecule has 0 bridgehead atoms. The second-order valence-electron chi connectivity index (χ2n) is 3.99. The van der Waals surface area contributed by atoms with Gasteiger partial charge in [-0.25, -0.2) is 13.6 Å². The van der Waals surface area contributed by atoms with Crippen LogP contribution in [0.15, 0.2) is 18.2 Å². The van der Waals surface area contributed by atoms with Gasteiger partial charge >= 0.3 is 6.09 Å². The molecular weight excluding hydrogens is 230 g/mol. The molecule has 0 saturated carbocycles. The molecule has 17 heavy (non-hydrogen) atoms. The fraction of sp³-hybridized carbons (Fsp3) is 0.364. The Morgan fingerprint density at radius 1 is 1.41 bits per heavy atom. The lowest BCUT2D eigenvalue weighted by molar-refractivity contribution is 0.189. The average molecular weight is 242 g/mol. The molecule has 92 valence electrons. The van der Waals surface area contributed by atoms with Crippen molar-refractivity contribution in [3.8, 4) is 0 Å². The summed E-state index contributed by atoms with van der Waals surface area (Å²) in [5, 5.41) is 14.0. The molecule has 1 aromatic carbocycles. The Balaban J connectivity index is 2.23. The maximum atomic E-state index is 13.6. The van der Waals surface area contributed by atoms with Crippen LogP contribution in [0.3, 0.4) is 0 Å². The average Bonchev–Trinajstić information content (AvgIpc) is 2.65. The first kappa shape index (κ1) is 11.8. The highest BCUT2D eigenvalue weighted by Crippen LogP contribution is 2.25. The second-order valence-corrected chi connectivity index (χ2v) is 3.99. The summed E-state index contributed by atoms with van der Waals surface area (Å²) in [6.45, 7) is 0.904. The van der Waals surface area contributed by atoms with Crippen molar-refractivity contribution in [3.63, 3.8) is 0 Å². The Morgan fingerprint density at radius 2 is 2.18 bits per heavy atom. The van der Waals surface area contributed by atoms with E-state index in [4.69, 9.17) is 5.11 Å². The van der Waals surface area contributed by atoms with Crippen molar-refractivity contribution >= 4 is 6.09 Å². The van der Waals surface area contributed by atoms with Crippen LogP contribution in [-0.2, 0) is 0 Å². The van der Waals surface area contributed by atoms with Gasteiger partial charge < -0.3 is 15.7 Å². The van der Waals surface area contributed by atoms with Gasteiger partial charge in [0.25, 0.3) is 0 Å². The number of carbonyl (C=O) groups is 1. The van der Waals surface area contributed by atoms with Crippen molar-refractivity contribution < 1.29 is 18.7 Å². The molecular formula is C11H12F2N2O2. The van der Waals surface area contributed by atoms with Crippen LogP contribution < -0.4 is 10.6 Å².